The number of hydrogen-bond acceptors (Lipinski definition) is 0. The molecule has 0 saturated carbocycles. The maximum absolute atomic E-state index is 4.67. The fraction of sp³-hybridized carbons (Fsp3) is 0.143. The number of allylic oxidation sites excluding steroid dienone is 2. The van der Waals surface area contributed by atoms with Gasteiger partial charge in [0.15, 0.2) is 0 Å². The number of fused-ring (bicyclic) bond motifs is 4. The Balaban J connectivity index is 1.29. The summed E-state index contributed by atoms with van der Waals surface area (Å²) in [6.45, 7) is 4.86. The molecule has 0 nitrogen and oxygen atoms in total. The molecule has 0 aromatic heterocycles. The van der Waals surface area contributed by atoms with E-state index in [9.17, 15) is 0 Å². The zero-order valence-electron chi connectivity index (χ0n) is 34.1. The van der Waals surface area contributed by atoms with Crippen molar-refractivity contribution in [2.24, 2.45) is 0 Å². The molecule has 283 valence electrons. The molecule has 0 aliphatic heterocycles. The van der Waals surface area contributed by atoms with Gasteiger partial charge in [-0.2, -0.15) is 0 Å². The molecule has 2 heteroatoms. The summed E-state index contributed by atoms with van der Waals surface area (Å²) in [7, 11) is 0. The molecule has 2 aliphatic rings. The van der Waals surface area contributed by atoms with Crippen LogP contribution in [0.15, 0.2) is 193 Å². The second-order valence-corrected chi connectivity index (χ2v) is 64.8. The Morgan fingerprint density at radius 3 is 1.19 bits per heavy atom. The first kappa shape index (κ1) is 37.1. The predicted molar refractivity (Wildman–Crippen MR) is 252 cm³/mol. The molecule has 0 fully saturated rings. The second-order valence-electron chi connectivity index (χ2n) is 17.7. The van der Waals surface area contributed by atoms with Crippen molar-refractivity contribution in [3.63, 3.8) is 0 Å². The van der Waals surface area contributed by atoms with Gasteiger partial charge in [-0.25, -0.2) is 0 Å². The summed E-state index contributed by atoms with van der Waals surface area (Å²) in [6.07, 6.45) is 7.43. The van der Waals surface area contributed by atoms with Gasteiger partial charge in [0.05, 0.1) is 0 Å². The van der Waals surface area contributed by atoms with Gasteiger partial charge >= 0.3 is 349 Å². The van der Waals surface area contributed by atoms with Crippen LogP contribution >= 0.6 is 0 Å². The Labute approximate surface area is 346 Å². The first-order valence-corrected chi connectivity index (χ1v) is 40.6. The van der Waals surface area contributed by atoms with Crippen molar-refractivity contribution in [3.8, 4) is 22.3 Å². The van der Waals surface area contributed by atoms with Gasteiger partial charge in [-0.3, -0.25) is 0 Å². The average Bonchev–Trinajstić information content (AvgIpc) is 3.87. The maximum atomic E-state index is 2.95. The molecule has 0 radical (unpaired) electrons. The third-order valence-corrected chi connectivity index (χ3v) is 68.5. The fourth-order valence-electron chi connectivity index (χ4n) is 12.1. The Morgan fingerprint density at radius 1 is 0.397 bits per heavy atom. The average molecular weight is 931 g/mol. The SMILES string of the molecule is CCC1=Cc2c(-c3cccc4ccccc34)cccc2[CH]1[Hf]([CH3])([CH3])([CH]1C(CC)=Cc2c(-c3cccc4ccccc34)cccc21)[SiH](c1ccccc1)c1ccccc1. The van der Waals surface area contributed by atoms with Crippen LogP contribution < -0.4 is 10.4 Å². The van der Waals surface area contributed by atoms with Crippen LogP contribution in [0.5, 0.6) is 0 Å². The van der Waals surface area contributed by atoms with Crippen LogP contribution in [0.25, 0.3) is 56.0 Å². The summed E-state index contributed by atoms with van der Waals surface area (Å²) in [5.41, 5.74) is 14.7. The molecule has 0 saturated heterocycles. The molecule has 8 aromatic rings. The topological polar surface area (TPSA) is 0 Å². The van der Waals surface area contributed by atoms with Gasteiger partial charge in [0.2, 0.25) is 0 Å². The molecule has 2 aliphatic carbocycles. The van der Waals surface area contributed by atoms with Gasteiger partial charge < -0.3 is 0 Å². The van der Waals surface area contributed by atoms with E-state index in [4.69, 9.17) is 0 Å². The molecular weight excluding hydrogens is 879 g/mol. The van der Waals surface area contributed by atoms with Crippen molar-refractivity contribution < 1.29 is 17.7 Å². The second kappa shape index (κ2) is 14.6. The van der Waals surface area contributed by atoms with Gasteiger partial charge in [-0.15, -0.1) is 0 Å². The molecule has 58 heavy (non-hydrogen) atoms. The number of benzene rings is 8. The van der Waals surface area contributed by atoms with Gasteiger partial charge in [-0.1, -0.05) is 0 Å². The Bertz CT molecular complexity index is 2710. The van der Waals surface area contributed by atoms with E-state index < -0.39 is 23.7 Å². The summed E-state index contributed by atoms with van der Waals surface area (Å²) < 4.78 is 6.71. The van der Waals surface area contributed by atoms with Crippen LogP contribution in [0, 0.1) is 0 Å². The fourth-order valence-corrected chi connectivity index (χ4v) is 77.5. The molecule has 0 heterocycles. The van der Waals surface area contributed by atoms with Crippen molar-refractivity contribution in [3.05, 3.63) is 215 Å². The van der Waals surface area contributed by atoms with Crippen LogP contribution in [0.1, 0.15) is 56.3 Å². The van der Waals surface area contributed by atoms with Crippen LogP contribution in [0.4, 0.5) is 0 Å². The molecule has 2 unspecified atom stereocenters. The van der Waals surface area contributed by atoms with E-state index in [-0.39, 0.29) is 0 Å². The van der Waals surface area contributed by atoms with Crippen molar-refractivity contribution in [2.75, 3.05) is 0 Å². The van der Waals surface area contributed by atoms with Crippen molar-refractivity contribution in [1.29, 1.82) is 0 Å². The minimum absolute atomic E-state index is 0.399. The van der Waals surface area contributed by atoms with E-state index in [1.54, 1.807) is 32.6 Å². The Kier molecular flexibility index (Phi) is 9.34. The van der Waals surface area contributed by atoms with Crippen molar-refractivity contribution >= 4 is 50.1 Å². The third-order valence-electron chi connectivity index (χ3n) is 14.3. The van der Waals surface area contributed by atoms with Gasteiger partial charge in [0.25, 0.3) is 0 Å². The van der Waals surface area contributed by atoms with E-state index >= 15 is 0 Å². The molecule has 10 rings (SSSR count). The number of hydrogen-bond donors (Lipinski definition) is 0. The Morgan fingerprint density at radius 2 is 0.759 bits per heavy atom. The molecule has 0 N–H and O–H groups in total. The summed E-state index contributed by atoms with van der Waals surface area (Å²) >= 11 is -4.67. The van der Waals surface area contributed by atoms with E-state index in [2.05, 4.69) is 217 Å². The molecule has 0 bridgehead atoms. The van der Waals surface area contributed by atoms with E-state index in [0.29, 0.717) is 7.35 Å². The van der Waals surface area contributed by atoms with Gasteiger partial charge in [0.1, 0.15) is 0 Å². The molecule has 0 spiro atoms. The quantitative estimate of drug-likeness (QED) is 0.127. The summed E-state index contributed by atoms with van der Waals surface area (Å²) in [5, 5.41) is 8.44. The normalized spacial score (nSPS) is 16.8. The summed E-state index contributed by atoms with van der Waals surface area (Å²) in [5.74, 6) is -1.95. The van der Waals surface area contributed by atoms with Crippen LogP contribution in [0.3, 0.4) is 0 Å². The number of rotatable bonds is 9. The van der Waals surface area contributed by atoms with Crippen molar-refractivity contribution in [2.45, 2.75) is 43.4 Å². The summed E-state index contributed by atoms with van der Waals surface area (Å²) in [6, 6.07) is 69.8. The first-order chi connectivity index (χ1) is 28.4. The molecular formula is C56H51HfSi. The van der Waals surface area contributed by atoms with Crippen molar-refractivity contribution in [1.82, 2.24) is 0 Å². The van der Waals surface area contributed by atoms with Crippen LogP contribution in [-0.2, 0) is 17.7 Å². The molecule has 2 atom stereocenters. The minimum atomic E-state index is -4.67. The van der Waals surface area contributed by atoms with Gasteiger partial charge in [-0.05, 0) is 0 Å². The van der Waals surface area contributed by atoms with Crippen LogP contribution in [0.2, 0.25) is 9.36 Å². The zero-order chi connectivity index (χ0) is 39.5. The predicted octanol–water partition coefficient (Wildman–Crippen LogP) is 14.0. The Hall–Kier alpha value is -5.15. The zero-order valence-corrected chi connectivity index (χ0v) is 38.9. The van der Waals surface area contributed by atoms with Crippen LogP contribution in [-0.4, -0.2) is 5.98 Å². The van der Waals surface area contributed by atoms with Gasteiger partial charge in [0, 0.05) is 0 Å². The monoisotopic (exact) mass is 931 g/mol. The molecule has 8 aromatic carbocycles. The molecule has 0 amide bonds. The van der Waals surface area contributed by atoms with E-state index in [1.165, 1.54) is 54.9 Å². The third kappa shape index (κ3) is 5.70. The van der Waals surface area contributed by atoms with E-state index in [1.807, 2.05) is 0 Å². The summed E-state index contributed by atoms with van der Waals surface area (Å²) in [4.78, 5) is 0. The first-order valence-electron chi connectivity index (χ1n) is 21.3. The standard InChI is InChI=1S/2C21H17.C12H11Si.2CH3.Hf/c2*1-2-15-13-17-9-6-12-20(21(17)14-15)19-11-5-8-16-7-3-4-10-18(16)19;1-3-7-11(8-4-1)13-12-9-5-2-6-10-12;;;/h2*3-14H,2H2,1H3;1-10,13H;2*1H3;. The van der Waals surface area contributed by atoms with E-state index in [0.717, 1.165) is 12.8 Å².